The fraction of sp³-hybridized carbons (Fsp3) is 0.235. The summed E-state index contributed by atoms with van der Waals surface area (Å²) in [6.45, 7) is -0.173. The molecule has 0 fully saturated rings. The van der Waals surface area contributed by atoms with E-state index < -0.39 is 17.8 Å². The zero-order valence-corrected chi connectivity index (χ0v) is 12.7. The number of halogens is 3. The highest BCUT2D eigenvalue weighted by Crippen LogP contribution is 2.31. The number of ether oxygens (including phenoxy) is 2. The van der Waals surface area contributed by atoms with Crippen LogP contribution in [0.5, 0.6) is 11.5 Å². The van der Waals surface area contributed by atoms with Crippen LogP contribution < -0.4 is 9.47 Å². The smallest absolute Gasteiger partial charge is 0.416 e. The van der Waals surface area contributed by atoms with E-state index in [1.165, 1.54) is 37.4 Å². The second-order valence-corrected chi connectivity index (χ2v) is 4.92. The topological polar surface area (TPSA) is 62.5 Å². The maximum Gasteiger partial charge on any atom is 0.416 e. The fourth-order valence-corrected chi connectivity index (χ4v) is 2.02. The van der Waals surface area contributed by atoms with Crippen LogP contribution in [0.1, 0.15) is 22.8 Å². The summed E-state index contributed by atoms with van der Waals surface area (Å²) in [7, 11) is 1.41. The Bertz CT molecular complexity index is 736. The maximum absolute atomic E-state index is 12.5. The zero-order valence-electron chi connectivity index (χ0n) is 12.7. The van der Waals surface area contributed by atoms with E-state index in [0.29, 0.717) is 22.6 Å². The van der Waals surface area contributed by atoms with Crippen LogP contribution in [0.3, 0.4) is 0 Å². The van der Waals surface area contributed by atoms with Gasteiger partial charge in [0.15, 0.2) is 11.5 Å². The molecular formula is C17H14F3NO3. The molecule has 7 heteroatoms. The van der Waals surface area contributed by atoms with Crippen LogP contribution in [0.4, 0.5) is 13.2 Å². The van der Waals surface area contributed by atoms with Crippen molar-refractivity contribution in [2.45, 2.75) is 12.3 Å². The van der Waals surface area contributed by atoms with Crippen molar-refractivity contribution < 1.29 is 27.8 Å². The first-order valence-electron chi connectivity index (χ1n) is 6.91. The lowest BCUT2D eigenvalue weighted by molar-refractivity contribution is -0.137. The minimum Gasteiger partial charge on any atom is -0.493 e. The van der Waals surface area contributed by atoms with Crippen LogP contribution in [0.25, 0.3) is 0 Å². The Labute approximate surface area is 136 Å². The molecule has 0 spiro atoms. The third kappa shape index (κ3) is 4.18. The molecule has 0 heterocycles. The lowest BCUT2D eigenvalue weighted by Gasteiger charge is -2.15. The number of methoxy groups -OCH3 is 1. The van der Waals surface area contributed by atoms with Crippen molar-refractivity contribution in [2.24, 2.45) is 0 Å². The second-order valence-electron chi connectivity index (χ2n) is 4.92. The number of hydrogen-bond donors (Lipinski definition) is 1. The number of aliphatic hydroxyl groups excluding tert-OH is 1. The van der Waals surface area contributed by atoms with Crippen LogP contribution in [0, 0.1) is 11.3 Å². The average Bonchev–Trinajstić information content (AvgIpc) is 2.58. The minimum absolute atomic E-state index is 0.173. The third-order valence-corrected chi connectivity index (χ3v) is 3.31. The number of benzene rings is 2. The van der Waals surface area contributed by atoms with Gasteiger partial charge in [-0.15, -0.1) is 0 Å². The van der Waals surface area contributed by atoms with E-state index in [2.05, 4.69) is 0 Å². The first kappa shape index (κ1) is 17.6. The lowest BCUT2D eigenvalue weighted by Crippen LogP contribution is -2.11. The van der Waals surface area contributed by atoms with Gasteiger partial charge >= 0.3 is 6.18 Å². The van der Waals surface area contributed by atoms with Crippen LogP contribution in [0.2, 0.25) is 0 Å². The molecule has 0 saturated heterocycles. The Hall–Kier alpha value is -2.72. The minimum atomic E-state index is -4.42. The molecule has 126 valence electrons. The highest BCUT2D eigenvalue weighted by atomic mass is 19.4. The average molecular weight is 337 g/mol. The number of aliphatic hydroxyl groups is 1. The number of alkyl halides is 3. The van der Waals surface area contributed by atoms with Crippen LogP contribution in [0.15, 0.2) is 42.5 Å². The third-order valence-electron chi connectivity index (χ3n) is 3.31. The highest BCUT2D eigenvalue weighted by molar-refractivity contribution is 5.46. The van der Waals surface area contributed by atoms with E-state index in [9.17, 15) is 18.3 Å². The normalized spacial score (nSPS) is 12.3. The van der Waals surface area contributed by atoms with Gasteiger partial charge < -0.3 is 14.6 Å². The van der Waals surface area contributed by atoms with Crippen molar-refractivity contribution >= 4 is 0 Å². The summed E-state index contributed by atoms with van der Waals surface area (Å²) in [4.78, 5) is 0. The highest BCUT2D eigenvalue weighted by Gasteiger charge is 2.30. The van der Waals surface area contributed by atoms with Gasteiger partial charge in [-0.2, -0.15) is 18.4 Å². The van der Waals surface area contributed by atoms with Gasteiger partial charge in [0, 0.05) is 6.07 Å². The van der Waals surface area contributed by atoms with Gasteiger partial charge in [0.05, 0.1) is 24.3 Å². The Morgan fingerprint density at radius 3 is 2.33 bits per heavy atom. The van der Waals surface area contributed by atoms with Crippen LogP contribution >= 0.6 is 0 Å². The van der Waals surface area contributed by atoms with Gasteiger partial charge in [-0.25, -0.2) is 0 Å². The number of rotatable bonds is 5. The molecule has 0 amide bonds. The van der Waals surface area contributed by atoms with Gasteiger partial charge in [-0.3, -0.25) is 0 Å². The Morgan fingerprint density at radius 1 is 1.12 bits per heavy atom. The summed E-state index contributed by atoms with van der Waals surface area (Å²) in [5.41, 5.74) is -0.0915. The number of nitrogens with zero attached hydrogens (tertiary/aromatic N) is 1. The molecule has 1 atom stereocenters. The molecule has 0 aliphatic carbocycles. The van der Waals surface area contributed by atoms with Gasteiger partial charge in [-0.1, -0.05) is 12.1 Å². The second kappa shape index (κ2) is 7.23. The van der Waals surface area contributed by atoms with Crippen molar-refractivity contribution in [2.75, 3.05) is 13.7 Å². The first-order chi connectivity index (χ1) is 11.3. The summed E-state index contributed by atoms with van der Waals surface area (Å²) in [6.07, 6.45) is -5.52. The zero-order chi connectivity index (χ0) is 17.7. The van der Waals surface area contributed by atoms with Gasteiger partial charge in [0.1, 0.15) is 12.7 Å². The predicted octanol–water partition coefficient (Wildman–Crippen LogP) is 3.70. The van der Waals surface area contributed by atoms with E-state index in [4.69, 9.17) is 14.7 Å². The number of nitriles is 1. The molecule has 0 aliphatic rings. The molecule has 1 N–H and O–H groups in total. The SMILES string of the molecule is COc1cc(C#N)ccc1OCC(O)c1ccc(C(F)(F)F)cc1. The summed E-state index contributed by atoms with van der Waals surface area (Å²) in [5, 5.41) is 18.9. The largest absolute Gasteiger partial charge is 0.493 e. The Balaban J connectivity index is 2.05. The molecule has 0 radical (unpaired) electrons. The monoisotopic (exact) mass is 337 g/mol. The van der Waals surface area contributed by atoms with E-state index in [0.717, 1.165) is 12.1 Å². The van der Waals surface area contributed by atoms with Crippen LogP contribution in [-0.4, -0.2) is 18.8 Å². The standard InChI is InChI=1S/C17H14F3NO3/c1-23-16-8-11(9-21)2-7-15(16)24-10-14(22)12-3-5-13(6-4-12)17(18,19)20/h2-8,14,22H,10H2,1H3. The summed E-state index contributed by atoms with van der Waals surface area (Å²) in [5.74, 6) is 0.649. The predicted molar refractivity (Wildman–Crippen MR) is 79.6 cm³/mol. The molecule has 2 rings (SSSR count). The molecule has 0 bridgehead atoms. The fourth-order valence-electron chi connectivity index (χ4n) is 2.02. The molecule has 24 heavy (non-hydrogen) atoms. The van der Waals surface area contributed by atoms with Crippen LogP contribution in [-0.2, 0) is 6.18 Å². The van der Waals surface area contributed by atoms with E-state index in [1.54, 1.807) is 0 Å². The molecular weight excluding hydrogens is 323 g/mol. The molecule has 0 aromatic heterocycles. The van der Waals surface area contributed by atoms with Gasteiger partial charge in [0.2, 0.25) is 0 Å². The van der Waals surface area contributed by atoms with Crippen molar-refractivity contribution in [1.82, 2.24) is 0 Å². The first-order valence-corrected chi connectivity index (χ1v) is 6.91. The molecule has 0 aliphatic heterocycles. The van der Waals surface area contributed by atoms with E-state index in [-0.39, 0.29) is 6.61 Å². The van der Waals surface area contributed by atoms with E-state index >= 15 is 0 Å². The van der Waals surface area contributed by atoms with Crippen molar-refractivity contribution in [3.63, 3.8) is 0 Å². The lowest BCUT2D eigenvalue weighted by atomic mass is 10.1. The van der Waals surface area contributed by atoms with Crippen molar-refractivity contribution in [3.05, 3.63) is 59.2 Å². The molecule has 4 nitrogen and oxygen atoms in total. The quantitative estimate of drug-likeness (QED) is 0.904. The molecule has 1 unspecified atom stereocenters. The Morgan fingerprint density at radius 2 is 1.79 bits per heavy atom. The summed E-state index contributed by atoms with van der Waals surface area (Å²) < 4.78 is 48.1. The van der Waals surface area contributed by atoms with Crippen molar-refractivity contribution in [1.29, 1.82) is 5.26 Å². The maximum atomic E-state index is 12.5. The van der Waals surface area contributed by atoms with Gasteiger partial charge in [0.25, 0.3) is 0 Å². The van der Waals surface area contributed by atoms with Crippen molar-refractivity contribution in [3.8, 4) is 17.6 Å². The molecule has 2 aromatic carbocycles. The molecule has 0 saturated carbocycles. The van der Waals surface area contributed by atoms with E-state index in [1.807, 2.05) is 6.07 Å². The van der Waals surface area contributed by atoms with Gasteiger partial charge in [-0.05, 0) is 29.8 Å². The number of hydrogen-bond acceptors (Lipinski definition) is 4. The summed E-state index contributed by atoms with van der Waals surface area (Å²) >= 11 is 0. The molecule has 2 aromatic rings. The summed E-state index contributed by atoms with van der Waals surface area (Å²) in [6, 6.07) is 10.7. The Kier molecular flexibility index (Phi) is 5.31.